The monoisotopic (exact) mass is 260 g/mol. The minimum absolute atomic E-state index is 0.256. The van der Waals surface area contributed by atoms with E-state index in [4.69, 9.17) is 5.11 Å². The van der Waals surface area contributed by atoms with Gasteiger partial charge in [0.1, 0.15) is 6.42 Å². The van der Waals surface area contributed by atoms with Crippen LogP contribution in [0.25, 0.3) is 0 Å². The molecule has 0 saturated heterocycles. The van der Waals surface area contributed by atoms with E-state index in [1.54, 1.807) is 23.9 Å². The lowest BCUT2D eigenvalue weighted by Gasteiger charge is -2.15. The zero-order valence-corrected chi connectivity index (χ0v) is 10.4. The smallest absolute Gasteiger partial charge is 0.309 e. The summed E-state index contributed by atoms with van der Waals surface area (Å²) in [6.45, 7) is 4.02. The fourth-order valence-corrected chi connectivity index (χ4v) is 2.18. The van der Waals surface area contributed by atoms with Crippen LogP contribution in [0.1, 0.15) is 25.8 Å². The topological polar surface area (TPSA) is 37.3 Å². The number of carboxylic acids is 1. The van der Waals surface area contributed by atoms with Gasteiger partial charge in [0.15, 0.2) is 0 Å². The van der Waals surface area contributed by atoms with Gasteiger partial charge in [-0.25, -0.2) is 8.78 Å². The molecule has 0 aliphatic heterocycles. The second-order valence-corrected chi connectivity index (χ2v) is 5.62. The predicted molar refractivity (Wildman–Crippen MR) is 63.6 cm³/mol. The first-order valence-corrected chi connectivity index (χ1v) is 6.06. The van der Waals surface area contributed by atoms with Gasteiger partial charge in [-0.2, -0.15) is 0 Å². The number of carboxylic acid groups (broad SMARTS) is 1. The van der Waals surface area contributed by atoms with E-state index >= 15 is 0 Å². The number of alkyl halides is 2. The number of aliphatic carboxylic acids is 1. The summed E-state index contributed by atoms with van der Waals surface area (Å²) in [7, 11) is 0. The molecular formula is C12H14F2O2S. The molecule has 5 heteroatoms. The maximum atomic E-state index is 13.4. The average Bonchev–Trinajstić information content (AvgIpc) is 2.15. The molecule has 0 atom stereocenters. The summed E-state index contributed by atoms with van der Waals surface area (Å²) in [4.78, 5) is 11.2. The summed E-state index contributed by atoms with van der Waals surface area (Å²) in [6.07, 6.45) is -1.18. The Balaban J connectivity index is 2.82. The van der Waals surface area contributed by atoms with Crippen LogP contribution in [0.2, 0.25) is 0 Å². The molecule has 17 heavy (non-hydrogen) atoms. The number of hydrogen-bond donors (Lipinski definition) is 1. The Kier molecular flexibility index (Phi) is 4.51. The summed E-state index contributed by atoms with van der Waals surface area (Å²) in [5, 5.41) is 8.78. The van der Waals surface area contributed by atoms with E-state index in [0.29, 0.717) is 5.25 Å². The highest BCUT2D eigenvalue weighted by atomic mass is 32.2. The van der Waals surface area contributed by atoms with Crippen molar-refractivity contribution < 1.29 is 18.7 Å². The Hall–Kier alpha value is -1.10. The van der Waals surface area contributed by atoms with Crippen molar-refractivity contribution in [2.24, 2.45) is 0 Å². The van der Waals surface area contributed by atoms with E-state index in [9.17, 15) is 13.6 Å². The summed E-state index contributed by atoms with van der Waals surface area (Å²) in [5.41, 5.74) is -0.256. The number of hydrogen-bond acceptors (Lipinski definition) is 2. The van der Waals surface area contributed by atoms with Crippen molar-refractivity contribution in [2.45, 2.75) is 36.3 Å². The van der Waals surface area contributed by atoms with Gasteiger partial charge in [0.05, 0.1) is 0 Å². The Bertz CT molecular complexity index is 388. The Labute approximate surface area is 103 Å². The maximum Gasteiger partial charge on any atom is 0.309 e. The molecule has 0 fully saturated rings. The summed E-state index contributed by atoms with van der Waals surface area (Å²) in [6, 6.07) is 5.76. The molecule has 0 unspecified atom stereocenters. The van der Waals surface area contributed by atoms with E-state index in [1.165, 1.54) is 12.1 Å². The Morgan fingerprint density at radius 2 is 1.88 bits per heavy atom. The van der Waals surface area contributed by atoms with Crippen molar-refractivity contribution in [1.82, 2.24) is 0 Å². The standard InChI is InChI=1S/C12H14F2O2S/c1-8(2)17-10-5-3-9(4-6-10)12(13,14)7-11(15)16/h3-6,8H,7H2,1-2H3,(H,15,16). The number of thioether (sulfide) groups is 1. The summed E-state index contributed by atoms with van der Waals surface area (Å²) < 4.78 is 26.8. The SMILES string of the molecule is CC(C)Sc1ccc(C(F)(F)CC(=O)O)cc1. The van der Waals surface area contributed by atoms with Gasteiger partial charge in [0.2, 0.25) is 0 Å². The van der Waals surface area contributed by atoms with Gasteiger partial charge in [-0.05, 0) is 12.1 Å². The number of rotatable bonds is 5. The van der Waals surface area contributed by atoms with Crippen molar-refractivity contribution in [3.63, 3.8) is 0 Å². The van der Waals surface area contributed by atoms with Crippen molar-refractivity contribution in [1.29, 1.82) is 0 Å². The Morgan fingerprint density at radius 1 is 1.35 bits per heavy atom. The molecular weight excluding hydrogens is 246 g/mol. The third kappa shape index (κ3) is 4.34. The molecule has 0 aliphatic rings. The fourth-order valence-electron chi connectivity index (χ4n) is 1.34. The highest BCUT2D eigenvalue weighted by Crippen LogP contribution is 2.33. The van der Waals surface area contributed by atoms with Gasteiger partial charge in [-0.3, -0.25) is 4.79 Å². The van der Waals surface area contributed by atoms with Crippen molar-refractivity contribution in [3.8, 4) is 0 Å². The largest absolute Gasteiger partial charge is 0.481 e. The normalized spacial score (nSPS) is 11.8. The van der Waals surface area contributed by atoms with E-state index in [-0.39, 0.29) is 5.56 Å². The molecule has 0 heterocycles. The van der Waals surface area contributed by atoms with Gasteiger partial charge in [0, 0.05) is 15.7 Å². The van der Waals surface area contributed by atoms with Crippen LogP contribution in [0.5, 0.6) is 0 Å². The van der Waals surface area contributed by atoms with Crippen LogP contribution in [0.3, 0.4) is 0 Å². The molecule has 0 aliphatic carbocycles. The van der Waals surface area contributed by atoms with Crippen molar-refractivity contribution in [2.75, 3.05) is 0 Å². The molecule has 0 aromatic heterocycles. The van der Waals surface area contributed by atoms with Gasteiger partial charge in [0.25, 0.3) is 5.92 Å². The van der Waals surface area contributed by atoms with Gasteiger partial charge >= 0.3 is 5.97 Å². The lowest BCUT2D eigenvalue weighted by molar-refractivity contribution is -0.145. The van der Waals surface area contributed by atoms with Crippen LogP contribution in [0.15, 0.2) is 29.2 Å². The van der Waals surface area contributed by atoms with Crippen LogP contribution in [0, 0.1) is 0 Å². The minimum Gasteiger partial charge on any atom is -0.481 e. The van der Waals surface area contributed by atoms with E-state index in [0.717, 1.165) is 4.90 Å². The van der Waals surface area contributed by atoms with Crippen molar-refractivity contribution >= 4 is 17.7 Å². The highest BCUT2D eigenvalue weighted by Gasteiger charge is 2.34. The van der Waals surface area contributed by atoms with Crippen molar-refractivity contribution in [3.05, 3.63) is 29.8 Å². The average molecular weight is 260 g/mol. The number of benzene rings is 1. The first-order valence-electron chi connectivity index (χ1n) is 5.18. The highest BCUT2D eigenvalue weighted by molar-refractivity contribution is 7.99. The maximum absolute atomic E-state index is 13.4. The van der Waals surface area contributed by atoms with E-state index in [1.807, 2.05) is 13.8 Å². The molecule has 0 bridgehead atoms. The van der Waals surface area contributed by atoms with E-state index in [2.05, 4.69) is 0 Å². The minimum atomic E-state index is -3.31. The zero-order chi connectivity index (χ0) is 13.1. The second kappa shape index (κ2) is 5.49. The fraction of sp³-hybridized carbons (Fsp3) is 0.417. The van der Waals surface area contributed by atoms with Gasteiger partial charge < -0.3 is 5.11 Å². The molecule has 2 nitrogen and oxygen atoms in total. The quantitative estimate of drug-likeness (QED) is 0.819. The first kappa shape index (κ1) is 14.0. The molecule has 0 radical (unpaired) electrons. The van der Waals surface area contributed by atoms with Gasteiger partial charge in [-0.15, -0.1) is 11.8 Å². The molecule has 0 saturated carbocycles. The molecule has 94 valence electrons. The Morgan fingerprint density at radius 3 is 2.29 bits per heavy atom. The third-order valence-electron chi connectivity index (χ3n) is 2.02. The number of halogens is 2. The van der Waals surface area contributed by atoms with Gasteiger partial charge in [-0.1, -0.05) is 26.0 Å². The zero-order valence-electron chi connectivity index (χ0n) is 9.61. The summed E-state index contributed by atoms with van der Waals surface area (Å²) in [5.74, 6) is -4.82. The van der Waals surface area contributed by atoms with Crippen LogP contribution in [-0.4, -0.2) is 16.3 Å². The first-order chi connectivity index (χ1) is 7.81. The molecule has 1 aromatic carbocycles. The molecule has 1 aromatic rings. The van der Waals surface area contributed by atoms with E-state index < -0.39 is 18.3 Å². The molecule has 1 N–H and O–H groups in total. The third-order valence-corrected chi connectivity index (χ3v) is 3.04. The van der Waals surface area contributed by atoms with Crippen LogP contribution < -0.4 is 0 Å². The van der Waals surface area contributed by atoms with Crippen LogP contribution in [0.4, 0.5) is 8.78 Å². The van der Waals surface area contributed by atoms with Crippen LogP contribution >= 0.6 is 11.8 Å². The molecule has 0 amide bonds. The lowest BCUT2D eigenvalue weighted by atomic mass is 10.1. The lowest BCUT2D eigenvalue weighted by Crippen LogP contribution is -2.18. The molecule has 0 spiro atoms. The second-order valence-electron chi connectivity index (χ2n) is 3.97. The number of carbonyl (C=O) groups is 1. The summed E-state index contributed by atoms with van der Waals surface area (Å²) >= 11 is 1.57. The molecule has 1 rings (SSSR count). The predicted octanol–water partition coefficient (Wildman–Crippen LogP) is 3.75. The van der Waals surface area contributed by atoms with Crippen LogP contribution in [-0.2, 0) is 10.7 Å².